The second-order valence-corrected chi connectivity index (χ2v) is 4.82. The van der Waals surface area contributed by atoms with E-state index in [1.54, 1.807) is 13.8 Å². The molecule has 0 bridgehead atoms. The smallest absolute Gasteiger partial charge is 0.343 e. The Bertz CT molecular complexity index is 398. The van der Waals surface area contributed by atoms with Gasteiger partial charge in [0.25, 0.3) is 0 Å². The summed E-state index contributed by atoms with van der Waals surface area (Å²) in [5.41, 5.74) is 0.148. The molecule has 1 aromatic rings. The van der Waals surface area contributed by atoms with Crippen LogP contribution in [0.2, 0.25) is 0 Å². The topological polar surface area (TPSA) is 29.1 Å². The maximum atomic E-state index is 12.1. The van der Waals surface area contributed by atoms with Gasteiger partial charge in [-0.1, -0.05) is 30.3 Å². The number of alkyl halides is 3. The molecule has 1 rings (SSSR count). The Hall–Kier alpha value is -1.52. The van der Waals surface area contributed by atoms with Crippen molar-refractivity contribution >= 4 is 5.91 Å². The molecule has 1 amide bonds. The molecule has 0 radical (unpaired) electrons. The number of hydrogen-bond acceptors (Lipinski definition) is 1. The maximum absolute atomic E-state index is 12.1. The largest absolute Gasteiger partial charge is 0.471 e. The fourth-order valence-corrected chi connectivity index (χ4v) is 1.54. The Balaban J connectivity index is 2.53. The van der Waals surface area contributed by atoms with Crippen LogP contribution in [-0.2, 0) is 11.2 Å². The summed E-state index contributed by atoms with van der Waals surface area (Å²) >= 11 is 0. The predicted molar refractivity (Wildman–Crippen MR) is 63.0 cm³/mol. The van der Waals surface area contributed by atoms with Gasteiger partial charge in [-0.3, -0.25) is 4.79 Å². The lowest BCUT2D eigenvalue weighted by Crippen LogP contribution is -2.49. The molecule has 1 N–H and O–H groups in total. The van der Waals surface area contributed by atoms with Gasteiger partial charge in [0, 0.05) is 5.54 Å². The van der Waals surface area contributed by atoms with Crippen LogP contribution in [0.25, 0.3) is 0 Å². The van der Waals surface area contributed by atoms with Crippen LogP contribution in [0.5, 0.6) is 0 Å². The van der Waals surface area contributed by atoms with Crippen LogP contribution in [-0.4, -0.2) is 17.6 Å². The number of carbonyl (C=O) groups is 1. The van der Waals surface area contributed by atoms with Crippen molar-refractivity contribution in [2.24, 2.45) is 0 Å². The number of carbonyl (C=O) groups excluding carboxylic acids is 1. The summed E-state index contributed by atoms with van der Waals surface area (Å²) in [6.45, 7) is 3.17. The molecule has 0 fully saturated rings. The maximum Gasteiger partial charge on any atom is 0.471 e. The Morgan fingerprint density at radius 3 is 2.22 bits per heavy atom. The van der Waals surface area contributed by atoms with E-state index >= 15 is 0 Å². The third kappa shape index (κ3) is 4.77. The summed E-state index contributed by atoms with van der Waals surface area (Å²) in [4.78, 5) is 10.9. The van der Waals surface area contributed by atoms with Crippen molar-refractivity contribution in [1.29, 1.82) is 0 Å². The highest BCUT2D eigenvalue weighted by molar-refractivity contribution is 5.82. The molecule has 0 aliphatic carbocycles. The van der Waals surface area contributed by atoms with Gasteiger partial charge in [-0.15, -0.1) is 0 Å². The lowest BCUT2D eigenvalue weighted by molar-refractivity contribution is -0.175. The second-order valence-electron chi connectivity index (χ2n) is 4.82. The molecule has 0 heterocycles. The van der Waals surface area contributed by atoms with Crippen LogP contribution in [0, 0.1) is 0 Å². The highest BCUT2D eigenvalue weighted by atomic mass is 19.4. The molecular formula is C13H16F3NO. The molecule has 100 valence electrons. The molecule has 0 aliphatic rings. The average molecular weight is 259 g/mol. The van der Waals surface area contributed by atoms with Crippen molar-refractivity contribution < 1.29 is 18.0 Å². The molecule has 0 spiro atoms. The summed E-state index contributed by atoms with van der Waals surface area (Å²) in [7, 11) is 0. The van der Waals surface area contributed by atoms with E-state index in [4.69, 9.17) is 0 Å². The lowest BCUT2D eigenvalue weighted by atomic mass is 9.95. The summed E-state index contributed by atoms with van der Waals surface area (Å²) in [5, 5.41) is 2.00. The first-order valence-electron chi connectivity index (χ1n) is 5.64. The summed E-state index contributed by atoms with van der Waals surface area (Å²) in [6, 6.07) is 9.43. The van der Waals surface area contributed by atoms with Crippen molar-refractivity contribution in [2.75, 3.05) is 0 Å². The first-order chi connectivity index (χ1) is 8.21. The Morgan fingerprint density at radius 2 is 1.72 bits per heavy atom. The number of rotatable bonds is 4. The van der Waals surface area contributed by atoms with Crippen LogP contribution in [0.3, 0.4) is 0 Å². The molecule has 18 heavy (non-hydrogen) atoms. The number of benzene rings is 1. The van der Waals surface area contributed by atoms with Crippen LogP contribution in [0.15, 0.2) is 30.3 Å². The van der Waals surface area contributed by atoms with Gasteiger partial charge in [0.05, 0.1) is 0 Å². The van der Waals surface area contributed by atoms with Crippen LogP contribution in [0.4, 0.5) is 13.2 Å². The minimum Gasteiger partial charge on any atom is -0.343 e. The fourth-order valence-electron chi connectivity index (χ4n) is 1.54. The molecule has 0 unspecified atom stereocenters. The van der Waals surface area contributed by atoms with Crippen molar-refractivity contribution in [1.82, 2.24) is 5.32 Å². The highest BCUT2D eigenvalue weighted by Gasteiger charge is 2.41. The Morgan fingerprint density at radius 1 is 1.17 bits per heavy atom. The van der Waals surface area contributed by atoms with E-state index in [9.17, 15) is 18.0 Å². The highest BCUT2D eigenvalue weighted by Crippen LogP contribution is 2.19. The minimum atomic E-state index is -4.83. The van der Waals surface area contributed by atoms with Crippen LogP contribution in [0.1, 0.15) is 25.8 Å². The van der Waals surface area contributed by atoms with Gasteiger partial charge in [-0.2, -0.15) is 13.2 Å². The SMILES string of the molecule is CC(C)(CCc1ccccc1)NC(=O)C(F)(F)F. The molecule has 5 heteroatoms. The quantitative estimate of drug-likeness (QED) is 0.884. The molecule has 0 aromatic heterocycles. The first kappa shape index (κ1) is 14.5. The number of nitrogens with one attached hydrogen (secondary N) is 1. The van der Waals surface area contributed by atoms with E-state index in [1.807, 2.05) is 35.6 Å². The average Bonchev–Trinajstić information content (AvgIpc) is 2.26. The van der Waals surface area contributed by atoms with Crippen molar-refractivity contribution in [2.45, 2.75) is 38.4 Å². The molecule has 0 saturated carbocycles. The second kappa shape index (κ2) is 5.42. The standard InChI is InChI=1S/C13H16F3NO/c1-12(2,17-11(18)13(14,15)16)9-8-10-6-4-3-5-7-10/h3-7H,8-9H2,1-2H3,(H,17,18). The van der Waals surface area contributed by atoms with Gasteiger partial charge in [0.15, 0.2) is 0 Å². The third-order valence-corrected chi connectivity index (χ3v) is 2.59. The van der Waals surface area contributed by atoms with E-state index in [-0.39, 0.29) is 0 Å². The fraction of sp³-hybridized carbons (Fsp3) is 0.462. The molecule has 0 atom stereocenters. The zero-order chi connectivity index (χ0) is 13.8. The van der Waals surface area contributed by atoms with Gasteiger partial charge in [-0.05, 0) is 32.3 Å². The van der Waals surface area contributed by atoms with E-state index in [0.717, 1.165) is 5.56 Å². The third-order valence-electron chi connectivity index (χ3n) is 2.59. The van der Waals surface area contributed by atoms with Crippen molar-refractivity contribution in [3.8, 4) is 0 Å². The van der Waals surface area contributed by atoms with Crippen molar-refractivity contribution in [3.63, 3.8) is 0 Å². The van der Waals surface area contributed by atoms with E-state index < -0.39 is 17.6 Å². The molecule has 0 aliphatic heterocycles. The zero-order valence-electron chi connectivity index (χ0n) is 10.3. The van der Waals surface area contributed by atoms with Gasteiger partial charge in [-0.25, -0.2) is 0 Å². The van der Waals surface area contributed by atoms with E-state index in [0.29, 0.717) is 12.8 Å². The summed E-state index contributed by atoms with van der Waals surface area (Å²) in [6.07, 6.45) is -3.77. The first-order valence-corrected chi connectivity index (χ1v) is 5.64. The van der Waals surface area contributed by atoms with Crippen LogP contribution < -0.4 is 5.32 Å². The Kier molecular flexibility index (Phi) is 4.38. The van der Waals surface area contributed by atoms with Gasteiger partial charge in [0.2, 0.25) is 0 Å². The number of amides is 1. The number of hydrogen-bond donors (Lipinski definition) is 1. The van der Waals surface area contributed by atoms with E-state index in [2.05, 4.69) is 0 Å². The number of aryl methyl sites for hydroxylation is 1. The summed E-state index contributed by atoms with van der Waals surface area (Å²) < 4.78 is 36.4. The monoisotopic (exact) mass is 259 g/mol. The van der Waals surface area contributed by atoms with Gasteiger partial charge < -0.3 is 5.32 Å². The predicted octanol–water partition coefficient (Wildman–Crippen LogP) is 3.08. The minimum absolute atomic E-state index is 0.443. The van der Waals surface area contributed by atoms with Crippen molar-refractivity contribution in [3.05, 3.63) is 35.9 Å². The van der Waals surface area contributed by atoms with Gasteiger partial charge in [0.1, 0.15) is 0 Å². The molecule has 2 nitrogen and oxygen atoms in total. The normalized spacial score (nSPS) is 12.3. The molecule has 1 aromatic carbocycles. The zero-order valence-corrected chi connectivity index (χ0v) is 10.3. The van der Waals surface area contributed by atoms with Gasteiger partial charge >= 0.3 is 12.1 Å². The molecular weight excluding hydrogens is 243 g/mol. The molecule has 0 saturated heterocycles. The van der Waals surface area contributed by atoms with E-state index in [1.165, 1.54) is 0 Å². The number of halogens is 3. The lowest BCUT2D eigenvalue weighted by Gasteiger charge is -2.26. The van der Waals surface area contributed by atoms with Crippen LogP contribution >= 0.6 is 0 Å². The Labute approximate surface area is 104 Å². The summed E-state index contributed by atoms with van der Waals surface area (Å²) in [5.74, 6) is -1.89.